The number of fused-ring (bicyclic) bond motifs is 1. The molecule has 1 aliphatic rings. The van der Waals surface area contributed by atoms with Gasteiger partial charge in [0.25, 0.3) is 0 Å². The molecule has 0 radical (unpaired) electrons. The summed E-state index contributed by atoms with van der Waals surface area (Å²) in [5.74, 6) is 0.521. The first-order chi connectivity index (χ1) is 10.7. The van der Waals surface area contributed by atoms with Crippen molar-refractivity contribution in [3.8, 4) is 0 Å². The highest BCUT2D eigenvalue weighted by Crippen LogP contribution is 2.34. The fraction of sp³-hybridized carbons (Fsp3) is 0.438. The summed E-state index contributed by atoms with van der Waals surface area (Å²) in [6.45, 7) is 2.15. The van der Waals surface area contributed by atoms with E-state index >= 15 is 0 Å². The average molecular weight is 332 g/mol. The van der Waals surface area contributed by atoms with Gasteiger partial charge in [0.1, 0.15) is 10.8 Å². The molecule has 2 aromatic rings. The van der Waals surface area contributed by atoms with Crippen molar-refractivity contribution in [3.05, 3.63) is 35.2 Å². The third-order valence-electron chi connectivity index (χ3n) is 3.86. The zero-order valence-electron chi connectivity index (χ0n) is 12.9. The Morgan fingerprint density at radius 2 is 1.91 bits per heavy atom. The number of anilines is 1. The quantitative estimate of drug-likeness (QED) is 0.520. The lowest BCUT2D eigenvalue weighted by atomic mass is 9.93. The Balaban J connectivity index is 1.79. The van der Waals surface area contributed by atoms with Crippen molar-refractivity contribution >= 4 is 29.3 Å². The van der Waals surface area contributed by atoms with Gasteiger partial charge in [-0.2, -0.15) is 0 Å². The molecule has 2 heterocycles. The number of hydrogen-bond acceptors (Lipinski definition) is 6. The highest BCUT2D eigenvalue weighted by molar-refractivity contribution is 7.99. The van der Waals surface area contributed by atoms with E-state index in [2.05, 4.69) is 34.1 Å². The van der Waals surface area contributed by atoms with Crippen LogP contribution in [-0.4, -0.2) is 21.2 Å². The third kappa shape index (κ3) is 3.55. The number of pyridine rings is 1. The molecule has 2 aromatic heterocycles. The smallest absolute Gasteiger partial charge is 0.191 e. The molecule has 1 aliphatic carbocycles. The normalized spacial score (nSPS) is 15.4. The predicted octanol–water partition coefficient (Wildman–Crippen LogP) is 3.91. The molecule has 0 aliphatic heterocycles. The van der Waals surface area contributed by atoms with E-state index in [0.717, 1.165) is 15.9 Å². The van der Waals surface area contributed by atoms with Gasteiger partial charge in [-0.25, -0.2) is 9.97 Å². The fourth-order valence-corrected chi connectivity index (χ4v) is 4.00. The van der Waals surface area contributed by atoms with Crippen LogP contribution in [0.1, 0.15) is 41.8 Å². The van der Waals surface area contributed by atoms with Crippen molar-refractivity contribution in [1.29, 1.82) is 0 Å². The van der Waals surface area contributed by atoms with Crippen LogP contribution in [0.25, 0.3) is 0 Å². The second-order valence-corrected chi connectivity index (χ2v) is 7.60. The second-order valence-electron chi connectivity index (χ2n) is 5.46. The van der Waals surface area contributed by atoms with E-state index in [0.29, 0.717) is 5.82 Å². The first-order valence-corrected chi connectivity index (χ1v) is 9.59. The van der Waals surface area contributed by atoms with Crippen molar-refractivity contribution in [2.75, 3.05) is 12.0 Å². The molecule has 4 nitrogen and oxygen atoms in total. The van der Waals surface area contributed by atoms with Gasteiger partial charge in [0.2, 0.25) is 0 Å². The number of hydrogen-bond donors (Lipinski definition) is 1. The van der Waals surface area contributed by atoms with E-state index in [1.54, 1.807) is 29.6 Å². The Labute approximate surface area is 139 Å². The molecule has 0 fully saturated rings. The summed E-state index contributed by atoms with van der Waals surface area (Å²) in [6, 6.07) is 4.06. The van der Waals surface area contributed by atoms with Crippen LogP contribution in [0.3, 0.4) is 0 Å². The Hall–Kier alpha value is -1.27. The molecule has 22 heavy (non-hydrogen) atoms. The lowest BCUT2D eigenvalue weighted by Crippen LogP contribution is -2.06. The molecule has 0 amide bonds. The summed E-state index contributed by atoms with van der Waals surface area (Å²) in [5, 5.41) is 1.83. The molecule has 0 saturated carbocycles. The van der Waals surface area contributed by atoms with Crippen LogP contribution in [0.15, 0.2) is 28.5 Å². The number of nitrogens with two attached hydrogens (primary N) is 1. The maximum atomic E-state index is 5.85. The van der Waals surface area contributed by atoms with E-state index in [9.17, 15) is 0 Å². The Bertz CT molecular complexity index is 675. The molecule has 0 aromatic carbocycles. The van der Waals surface area contributed by atoms with Gasteiger partial charge >= 0.3 is 0 Å². The molecule has 2 N–H and O–H groups in total. The lowest BCUT2D eigenvalue weighted by Gasteiger charge is -2.18. The number of nitrogen functional groups attached to an aromatic ring is 1. The topological polar surface area (TPSA) is 64.7 Å². The molecule has 0 bridgehead atoms. The largest absolute Gasteiger partial charge is 0.384 e. The van der Waals surface area contributed by atoms with E-state index in [1.807, 2.05) is 6.26 Å². The van der Waals surface area contributed by atoms with Crippen molar-refractivity contribution < 1.29 is 0 Å². The number of nitrogens with zero attached hydrogens (tertiary/aromatic N) is 3. The van der Waals surface area contributed by atoms with Crippen molar-refractivity contribution in [3.63, 3.8) is 0 Å². The van der Waals surface area contributed by atoms with Gasteiger partial charge in [0.15, 0.2) is 5.16 Å². The van der Waals surface area contributed by atoms with Crippen LogP contribution >= 0.6 is 23.5 Å². The fourth-order valence-electron chi connectivity index (χ4n) is 2.65. The second kappa shape index (κ2) is 6.87. The SMILES string of the molecule is CSc1cc(N)nc(SC(C)c2cc3c(cn2)CCCC3)n1. The first kappa shape index (κ1) is 15.6. The summed E-state index contributed by atoms with van der Waals surface area (Å²) < 4.78 is 0. The summed E-state index contributed by atoms with van der Waals surface area (Å²) in [6.07, 6.45) is 8.95. The highest BCUT2D eigenvalue weighted by atomic mass is 32.2. The standard InChI is InChI=1S/C16H20N4S2/c1-10(22-16-19-14(17)8-15(20-16)21-2)13-7-11-5-3-4-6-12(11)9-18-13/h7-10H,3-6H2,1-2H3,(H2,17,19,20). The minimum Gasteiger partial charge on any atom is -0.384 e. The van der Waals surface area contributed by atoms with E-state index in [-0.39, 0.29) is 5.25 Å². The van der Waals surface area contributed by atoms with E-state index < -0.39 is 0 Å². The predicted molar refractivity (Wildman–Crippen MR) is 93.4 cm³/mol. The molecule has 0 saturated heterocycles. The number of aromatic nitrogens is 3. The Morgan fingerprint density at radius 1 is 1.14 bits per heavy atom. The van der Waals surface area contributed by atoms with Crippen LogP contribution in [-0.2, 0) is 12.8 Å². The van der Waals surface area contributed by atoms with Gasteiger partial charge in [-0.3, -0.25) is 4.98 Å². The Kier molecular flexibility index (Phi) is 4.88. The molecular weight excluding hydrogens is 312 g/mol. The van der Waals surface area contributed by atoms with E-state index in [4.69, 9.17) is 5.73 Å². The maximum Gasteiger partial charge on any atom is 0.191 e. The van der Waals surface area contributed by atoms with Crippen molar-refractivity contribution in [1.82, 2.24) is 15.0 Å². The monoisotopic (exact) mass is 332 g/mol. The van der Waals surface area contributed by atoms with Crippen LogP contribution < -0.4 is 5.73 Å². The molecule has 116 valence electrons. The lowest BCUT2D eigenvalue weighted by molar-refractivity contribution is 0.679. The molecule has 1 atom stereocenters. The van der Waals surface area contributed by atoms with Crippen LogP contribution in [0.4, 0.5) is 5.82 Å². The number of aryl methyl sites for hydroxylation is 2. The molecule has 0 spiro atoms. The number of rotatable bonds is 4. The van der Waals surface area contributed by atoms with E-state index in [1.165, 1.54) is 36.8 Å². The first-order valence-electron chi connectivity index (χ1n) is 7.48. The van der Waals surface area contributed by atoms with Gasteiger partial charge in [0, 0.05) is 12.3 Å². The van der Waals surface area contributed by atoms with Crippen LogP contribution in [0.2, 0.25) is 0 Å². The number of thioether (sulfide) groups is 2. The van der Waals surface area contributed by atoms with Crippen molar-refractivity contribution in [2.24, 2.45) is 0 Å². The van der Waals surface area contributed by atoms with Crippen molar-refractivity contribution in [2.45, 2.75) is 48.0 Å². The molecule has 3 rings (SSSR count). The summed E-state index contributed by atoms with van der Waals surface area (Å²) in [4.78, 5) is 13.5. The average Bonchev–Trinajstić information content (AvgIpc) is 2.53. The minimum atomic E-state index is 0.212. The van der Waals surface area contributed by atoms with Gasteiger partial charge in [-0.15, -0.1) is 11.8 Å². The minimum absolute atomic E-state index is 0.212. The van der Waals surface area contributed by atoms with Gasteiger partial charge < -0.3 is 5.73 Å². The summed E-state index contributed by atoms with van der Waals surface area (Å²) in [5.41, 5.74) is 9.82. The molecular formula is C16H20N4S2. The van der Waals surface area contributed by atoms with Gasteiger partial charge in [-0.1, -0.05) is 11.8 Å². The summed E-state index contributed by atoms with van der Waals surface area (Å²) >= 11 is 3.19. The zero-order valence-corrected chi connectivity index (χ0v) is 14.5. The third-order valence-corrected chi connectivity index (χ3v) is 5.47. The van der Waals surface area contributed by atoms with Gasteiger partial charge in [-0.05, 0) is 56.1 Å². The highest BCUT2D eigenvalue weighted by Gasteiger charge is 2.16. The Morgan fingerprint density at radius 3 is 2.68 bits per heavy atom. The van der Waals surface area contributed by atoms with Crippen LogP contribution in [0.5, 0.6) is 0 Å². The van der Waals surface area contributed by atoms with Gasteiger partial charge in [0.05, 0.1) is 10.9 Å². The maximum absolute atomic E-state index is 5.85. The zero-order chi connectivity index (χ0) is 15.5. The van der Waals surface area contributed by atoms with Crippen LogP contribution in [0, 0.1) is 0 Å². The molecule has 6 heteroatoms. The summed E-state index contributed by atoms with van der Waals surface area (Å²) in [7, 11) is 0. The molecule has 1 unspecified atom stereocenters.